The molecule has 0 aliphatic heterocycles. The lowest BCUT2D eigenvalue weighted by atomic mass is 10.1. The average molecular weight is 120 g/mol. The second kappa shape index (κ2) is 2.11. The van der Waals surface area contributed by atoms with E-state index in [0.29, 0.717) is 0 Å². The number of carbonyl (C=O) groups is 1. The summed E-state index contributed by atoms with van der Waals surface area (Å²) in [6.07, 6.45) is 0.0162. The number of aliphatic carboxylic acids is 1. The predicted molar refractivity (Wildman–Crippen MR) is 27.4 cm³/mol. The fourth-order valence-electron chi connectivity index (χ4n) is 0.151. The highest BCUT2D eigenvalue weighted by Gasteiger charge is 2.29. The van der Waals surface area contributed by atoms with Gasteiger partial charge in [0.1, 0.15) is 0 Å². The maximum atomic E-state index is 12.3. The summed E-state index contributed by atoms with van der Waals surface area (Å²) >= 11 is 0. The molecule has 0 aromatic carbocycles. The first-order valence-electron chi connectivity index (χ1n) is 2.43. The van der Waals surface area contributed by atoms with Gasteiger partial charge in [0.15, 0.2) is 0 Å². The van der Waals surface area contributed by atoms with E-state index in [2.05, 4.69) is 0 Å². The minimum atomic E-state index is -2.04. The Morgan fingerprint density at radius 1 is 1.88 bits per heavy atom. The zero-order valence-corrected chi connectivity index (χ0v) is 4.94. The summed E-state index contributed by atoms with van der Waals surface area (Å²) in [5.41, 5.74) is -2.04. The van der Waals surface area contributed by atoms with Crippen LogP contribution in [0.3, 0.4) is 0 Å². The molecular weight excluding hydrogens is 111 g/mol. The molecule has 0 rings (SSSR count). The Hall–Kier alpha value is -0.600. The fraction of sp³-hybridized carbons (Fsp3) is 0.800. The number of hydrogen-bond acceptors (Lipinski definition) is 1. The third kappa shape index (κ3) is 1.48. The van der Waals surface area contributed by atoms with E-state index in [1.807, 2.05) is 0 Å². The predicted octanol–water partition coefficient (Wildman–Crippen LogP) is 1.21. The first kappa shape index (κ1) is 7.40. The third-order valence-corrected chi connectivity index (χ3v) is 1.11. The monoisotopic (exact) mass is 120 g/mol. The molecule has 2 nitrogen and oxygen atoms in total. The van der Waals surface area contributed by atoms with Crippen molar-refractivity contribution >= 4 is 5.97 Å². The number of carboxylic acids is 1. The van der Waals surface area contributed by atoms with Crippen LogP contribution in [-0.2, 0) is 4.79 Å². The van der Waals surface area contributed by atoms with Gasteiger partial charge in [-0.1, -0.05) is 6.92 Å². The largest absolute Gasteiger partial charge is 0.479 e. The van der Waals surface area contributed by atoms with Crippen LogP contribution in [0.4, 0.5) is 4.39 Å². The Kier molecular flexibility index (Phi) is 1.95. The summed E-state index contributed by atoms with van der Waals surface area (Å²) in [7, 11) is 0. The molecule has 0 aromatic rings. The smallest absolute Gasteiger partial charge is 0.341 e. The van der Waals surface area contributed by atoms with E-state index >= 15 is 0 Å². The molecule has 0 radical (unpaired) electrons. The molecule has 48 valence electrons. The highest BCUT2D eigenvalue weighted by molar-refractivity contribution is 5.76. The molecule has 0 heterocycles. The maximum Gasteiger partial charge on any atom is 0.341 e. The average Bonchev–Trinajstić information content (AvgIpc) is 1.67. The van der Waals surface area contributed by atoms with Crippen LogP contribution < -0.4 is 0 Å². The minimum Gasteiger partial charge on any atom is -0.479 e. The third-order valence-electron chi connectivity index (χ3n) is 1.11. The van der Waals surface area contributed by atoms with Crippen molar-refractivity contribution in [2.45, 2.75) is 25.9 Å². The van der Waals surface area contributed by atoms with Gasteiger partial charge in [-0.15, -0.1) is 0 Å². The van der Waals surface area contributed by atoms with Gasteiger partial charge in [0.25, 0.3) is 0 Å². The molecule has 0 aliphatic carbocycles. The Morgan fingerprint density at radius 3 is 2.25 bits per heavy atom. The number of rotatable bonds is 2. The Balaban J connectivity index is 3.91. The van der Waals surface area contributed by atoms with Crippen LogP contribution >= 0.6 is 0 Å². The molecule has 0 aromatic heterocycles. The molecule has 8 heavy (non-hydrogen) atoms. The van der Waals surface area contributed by atoms with Crippen LogP contribution in [0.15, 0.2) is 0 Å². The van der Waals surface area contributed by atoms with Gasteiger partial charge < -0.3 is 5.11 Å². The molecule has 0 bridgehead atoms. The zero-order chi connectivity index (χ0) is 6.78. The van der Waals surface area contributed by atoms with Crippen molar-refractivity contribution in [3.05, 3.63) is 0 Å². The lowest BCUT2D eigenvalue weighted by Gasteiger charge is -2.09. The number of carboxylic acid groups (broad SMARTS) is 1. The normalized spacial score (nSPS) is 17.4. The summed E-state index contributed by atoms with van der Waals surface area (Å²) in [5, 5.41) is 8.07. The molecule has 0 aliphatic rings. The summed E-state index contributed by atoms with van der Waals surface area (Å²) < 4.78 is 12.3. The zero-order valence-electron chi connectivity index (χ0n) is 4.94. The van der Waals surface area contributed by atoms with Crippen molar-refractivity contribution in [3.8, 4) is 0 Å². The second-order valence-electron chi connectivity index (χ2n) is 1.86. The lowest BCUT2D eigenvalue weighted by molar-refractivity contribution is -0.149. The lowest BCUT2D eigenvalue weighted by Crippen LogP contribution is -2.28. The Bertz CT molecular complexity index is 98.6. The summed E-state index contributed by atoms with van der Waals surface area (Å²) in [6.45, 7) is 2.55. The van der Waals surface area contributed by atoms with Crippen LogP contribution in [0.5, 0.6) is 0 Å². The summed E-state index contributed by atoms with van der Waals surface area (Å²) in [5.74, 6) is -1.39. The van der Waals surface area contributed by atoms with E-state index < -0.39 is 11.6 Å². The van der Waals surface area contributed by atoms with Crippen molar-refractivity contribution in [2.24, 2.45) is 0 Å². The highest BCUT2D eigenvalue weighted by atomic mass is 19.1. The van der Waals surface area contributed by atoms with E-state index in [9.17, 15) is 9.18 Å². The van der Waals surface area contributed by atoms with Crippen LogP contribution in [-0.4, -0.2) is 16.7 Å². The fourth-order valence-corrected chi connectivity index (χ4v) is 0.151. The quantitative estimate of drug-likeness (QED) is 0.594. The van der Waals surface area contributed by atoms with Gasteiger partial charge >= 0.3 is 5.97 Å². The molecule has 3 heteroatoms. The first-order chi connectivity index (χ1) is 3.50. The van der Waals surface area contributed by atoms with Crippen molar-refractivity contribution in [1.29, 1.82) is 0 Å². The second-order valence-corrected chi connectivity index (χ2v) is 1.86. The molecule has 0 amide bonds. The molecule has 0 saturated carbocycles. The van der Waals surface area contributed by atoms with E-state index in [1.165, 1.54) is 6.92 Å². The first-order valence-corrected chi connectivity index (χ1v) is 2.43. The molecular formula is C5H9FO2. The van der Waals surface area contributed by atoms with E-state index in [0.717, 1.165) is 6.92 Å². The van der Waals surface area contributed by atoms with Gasteiger partial charge in [-0.05, 0) is 13.3 Å². The highest BCUT2D eigenvalue weighted by Crippen LogP contribution is 2.13. The molecule has 1 atom stereocenters. The number of halogens is 1. The van der Waals surface area contributed by atoms with E-state index in [-0.39, 0.29) is 6.42 Å². The molecule has 0 fully saturated rings. The van der Waals surface area contributed by atoms with Gasteiger partial charge in [-0.2, -0.15) is 0 Å². The van der Waals surface area contributed by atoms with Gasteiger partial charge in [0.2, 0.25) is 5.67 Å². The van der Waals surface area contributed by atoms with Crippen molar-refractivity contribution < 1.29 is 14.3 Å². The van der Waals surface area contributed by atoms with Gasteiger partial charge in [0, 0.05) is 0 Å². The Labute approximate surface area is 47.3 Å². The number of alkyl halides is 1. The summed E-state index contributed by atoms with van der Waals surface area (Å²) in [6, 6.07) is 0. The van der Waals surface area contributed by atoms with Crippen molar-refractivity contribution in [1.82, 2.24) is 0 Å². The Morgan fingerprint density at radius 2 is 2.25 bits per heavy atom. The number of hydrogen-bond donors (Lipinski definition) is 1. The van der Waals surface area contributed by atoms with Crippen LogP contribution in [0, 0.1) is 0 Å². The van der Waals surface area contributed by atoms with Crippen LogP contribution in [0.25, 0.3) is 0 Å². The van der Waals surface area contributed by atoms with Gasteiger partial charge in [0.05, 0.1) is 0 Å². The van der Waals surface area contributed by atoms with Gasteiger partial charge in [-0.3, -0.25) is 0 Å². The minimum absolute atomic E-state index is 0.0162. The molecule has 0 spiro atoms. The molecule has 1 N–H and O–H groups in total. The van der Waals surface area contributed by atoms with Crippen molar-refractivity contribution in [2.75, 3.05) is 0 Å². The van der Waals surface area contributed by atoms with Crippen LogP contribution in [0.1, 0.15) is 20.3 Å². The van der Waals surface area contributed by atoms with E-state index in [1.54, 1.807) is 0 Å². The van der Waals surface area contributed by atoms with Gasteiger partial charge in [-0.25, -0.2) is 9.18 Å². The standard InChI is InChI=1S/C5H9FO2/c1-3-5(2,6)4(7)8/h3H2,1-2H3,(H,7,8)/t5-/m0/s1. The summed E-state index contributed by atoms with van der Waals surface area (Å²) in [4.78, 5) is 9.88. The topological polar surface area (TPSA) is 37.3 Å². The molecule has 0 saturated heterocycles. The molecule has 0 unspecified atom stereocenters. The van der Waals surface area contributed by atoms with Crippen molar-refractivity contribution in [3.63, 3.8) is 0 Å². The van der Waals surface area contributed by atoms with E-state index in [4.69, 9.17) is 5.11 Å². The van der Waals surface area contributed by atoms with Crippen LogP contribution in [0.2, 0.25) is 0 Å². The SMILES string of the molecule is CC[C@](C)(F)C(=O)O. The maximum absolute atomic E-state index is 12.3.